The first-order valence-electron chi connectivity index (χ1n) is 7.33. The van der Waals surface area contributed by atoms with Crippen molar-refractivity contribution in [1.29, 1.82) is 0 Å². The molecular weight excluding hydrogens is 298 g/mol. The van der Waals surface area contributed by atoms with Crippen molar-refractivity contribution in [3.63, 3.8) is 0 Å². The van der Waals surface area contributed by atoms with Crippen LogP contribution in [0.3, 0.4) is 0 Å². The van der Waals surface area contributed by atoms with Crippen molar-refractivity contribution >= 4 is 10.0 Å². The average Bonchev–Trinajstić information content (AvgIpc) is 2.95. The molecule has 0 spiro atoms. The highest BCUT2D eigenvalue weighted by atomic mass is 32.2. The zero-order valence-electron chi connectivity index (χ0n) is 12.4. The first-order chi connectivity index (χ1) is 10.5. The van der Waals surface area contributed by atoms with Crippen LogP contribution in [0.2, 0.25) is 0 Å². The Hall–Kier alpha value is -1.92. The molecule has 1 atom stereocenters. The normalized spacial score (nSPS) is 18.5. The van der Waals surface area contributed by atoms with Gasteiger partial charge in [-0.2, -0.15) is 5.10 Å². The summed E-state index contributed by atoms with van der Waals surface area (Å²) in [4.78, 5) is 0.285. The number of hydrogen-bond donors (Lipinski definition) is 1. The van der Waals surface area contributed by atoms with Crippen LogP contribution in [0.4, 0.5) is 0 Å². The first-order valence-corrected chi connectivity index (χ1v) is 8.81. The van der Waals surface area contributed by atoms with Crippen LogP contribution >= 0.6 is 0 Å². The molecule has 0 radical (unpaired) electrons. The highest BCUT2D eigenvalue weighted by Crippen LogP contribution is 2.22. The highest BCUT2D eigenvalue weighted by molar-refractivity contribution is 7.89. The number of benzene rings is 1. The lowest BCUT2D eigenvalue weighted by Crippen LogP contribution is -2.34. The minimum absolute atomic E-state index is 0.110. The van der Waals surface area contributed by atoms with E-state index in [1.54, 1.807) is 29.1 Å². The molecule has 0 fully saturated rings. The molecule has 1 N–H and O–H groups in total. The monoisotopic (exact) mass is 317 g/mol. The molecule has 1 aliphatic carbocycles. The molecule has 1 aromatic heterocycles. The van der Waals surface area contributed by atoms with Crippen molar-refractivity contribution < 1.29 is 8.42 Å². The van der Waals surface area contributed by atoms with E-state index in [1.807, 2.05) is 31.5 Å². The van der Waals surface area contributed by atoms with Gasteiger partial charge in [-0.05, 0) is 37.0 Å². The van der Waals surface area contributed by atoms with Crippen LogP contribution in [-0.2, 0) is 17.1 Å². The fourth-order valence-electron chi connectivity index (χ4n) is 2.59. The first kappa shape index (κ1) is 15.0. The van der Waals surface area contributed by atoms with Crippen LogP contribution in [-0.4, -0.2) is 24.2 Å². The second kappa shape index (κ2) is 6.06. The van der Waals surface area contributed by atoms with Crippen molar-refractivity contribution in [2.24, 2.45) is 7.05 Å². The fraction of sp³-hybridized carbons (Fsp3) is 0.312. The van der Waals surface area contributed by atoms with E-state index in [0.29, 0.717) is 0 Å². The van der Waals surface area contributed by atoms with Crippen LogP contribution in [0, 0.1) is 0 Å². The van der Waals surface area contributed by atoms with E-state index in [2.05, 4.69) is 9.82 Å². The van der Waals surface area contributed by atoms with Gasteiger partial charge in [0.2, 0.25) is 10.0 Å². The van der Waals surface area contributed by atoms with Gasteiger partial charge in [0.05, 0.1) is 11.1 Å². The van der Waals surface area contributed by atoms with Gasteiger partial charge in [-0.15, -0.1) is 0 Å². The Bertz CT molecular complexity index is 793. The Balaban J connectivity index is 1.87. The summed E-state index contributed by atoms with van der Waals surface area (Å²) in [7, 11) is -1.68. The van der Waals surface area contributed by atoms with E-state index >= 15 is 0 Å². The van der Waals surface area contributed by atoms with E-state index in [4.69, 9.17) is 0 Å². The molecule has 116 valence electrons. The van der Waals surface area contributed by atoms with E-state index in [9.17, 15) is 8.42 Å². The molecule has 0 saturated heterocycles. The quantitative estimate of drug-likeness (QED) is 0.881. The SMILES string of the molecule is Cn1cc(-c2cccc(S(=O)(=O)NC3C=CCCC3)c2)cn1. The molecule has 3 rings (SSSR count). The largest absolute Gasteiger partial charge is 0.275 e. The summed E-state index contributed by atoms with van der Waals surface area (Å²) in [5.74, 6) is 0. The molecule has 1 unspecified atom stereocenters. The van der Waals surface area contributed by atoms with Crippen LogP contribution in [0.1, 0.15) is 19.3 Å². The third kappa shape index (κ3) is 3.28. The summed E-state index contributed by atoms with van der Waals surface area (Å²) in [6, 6.07) is 6.84. The van der Waals surface area contributed by atoms with E-state index in [0.717, 1.165) is 30.4 Å². The van der Waals surface area contributed by atoms with Gasteiger partial charge >= 0.3 is 0 Å². The summed E-state index contributed by atoms with van der Waals surface area (Å²) >= 11 is 0. The maximum Gasteiger partial charge on any atom is 0.241 e. The van der Waals surface area contributed by atoms with Gasteiger partial charge in [0.15, 0.2) is 0 Å². The van der Waals surface area contributed by atoms with E-state index in [-0.39, 0.29) is 10.9 Å². The van der Waals surface area contributed by atoms with Crippen LogP contribution in [0.25, 0.3) is 11.1 Å². The number of nitrogens with zero attached hydrogens (tertiary/aromatic N) is 2. The maximum atomic E-state index is 12.5. The Morgan fingerprint density at radius 1 is 1.32 bits per heavy atom. The van der Waals surface area contributed by atoms with Crippen molar-refractivity contribution in [2.45, 2.75) is 30.2 Å². The number of nitrogens with one attached hydrogen (secondary N) is 1. The van der Waals surface area contributed by atoms with Gasteiger partial charge in [-0.1, -0.05) is 24.3 Å². The summed E-state index contributed by atoms with van der Waals surface area (Å²) in [6.07, 6.45) is 10.4. The van der Waals surface area contributed by atoms with E-state index in [1.165, 1.54) is 0 Å². The minimum Gasteiger partial charge on any atom is -0.275 e. The van der Waals surface area contributed by atoms with Gasteiger partial charge < -0.3 is 0 Å². The van der Waals surface area contributed by atoms with Gasteiger partial charge in [0.25, 0.3) is 0 Å². The summed E-state index contributed by atoms with van der Waals surface area (Å²) < 4.78 is 29.5. The van der Waals surface area contributed by atoms with Gasteiger partial charge in [-0.3, -0.25) is 4.68 Å². The Labute approximate surface area is 130 Å². The van der Waals surface area contributed by atoms with Crippen LogP contribution in [0.5, 0.6) is 0 Å². The average molecular weight is 317 g/mol. The molecule has 1 heterocycles. The van der Waals surface area contributed by atoms with Crippen LogP contribution in [0.15, 0.2) is 53.7 Å². The zero-order chi connectivity index (χ0) is 15.6. The lowest BCUT2D eigenvalue weighted by atomic mass is 10.0. The van der Waals surface area contributed by atoms with Crippen molar-refractivity contribution in [1.82, 2.24) is 14.5 Å². The Kier molecular flexibility index (Phi) is 4.13. The standard InChI is InChI=1S/C16H19N3O2S/c1-19-12-14(11-17-19)13-6-5-9-16(10-13)22(20,21)18-15-7-3-2-4-8-15/h3,5-7,9-12,15,18H,2,4,8H2,1H3. The van der Waals surface area contributed by atoms with Crippen LogP contribution < -0.4 is 4.72 Å². The number of sulfonamides is 1. The van der Waals surface area contributed by atoms with Gasteiger partial charge in [0, 0.05) is 24.8 Å². The Morgan fingerprint density at radius 2 is 2.18 bits per heavy atom. The number of hydrogen-bond acceptors (Lipinski definition) is 3. The smallest absolute Gasteiger partial charge is 0.241 e. The maximum absolute atomic E-state index is 12.5. The summed E-state index contributed by atoms with van der Waals surface area (Å²) in [5.41, 5.74) is 1.74. The second-order valence-electron chi connectivity index (χ2n) is 5.52. The van der Waals surface area contributed by atoms with Gasteiger partial charge in [-0.25, -0.2) is 13.1 Å². The molecule has 1 aliphatic rings. The molecule has 0 bridgehead atoms. The summed E-state index contributed by atoms with van der Waals surface area (Å²) in [6.45, 7) is 0. The number of rotatable bonds is 4. The molecule has 0 saturated carbocycles. The molecule has 0 aliphatic heterocycles. The van der Waals surface area contributed by atoms with E-state index < -0.39 is 10.0 Å². The van der Waals surface area contributed by atoms with Crippen molar-refractivity contribution in [3.05, 3.63) is 48.8 Å². The molecule has 6 heteroatoms. The third-order valence-corrected chi connectivity index (χ3v) is 5.23. The lowest BCUT2D eigenvalue weighted by molar-refractivity contribution is 0.549. The number of aryl methyl sites for hydroxylation is 1. The lowest BCUT2D eigenvalue weighted by Gasteiger charge is -2.18. The number of aromatic nitrogens is 2. The summed E-state index contributed by atoms with van der Waals surface area (Å²) in [5, 5.41) is 4.12. The molecule has 5 nitrogen and oxygen atoms in total. The fourth-order valence-corrected chi connectivity index (χ4v) is 3.86. The zero-order valence-corrected chi connectivity index (χ0v) is 13.3. The third-order valence-electron chi connectivity index (χ3n) is 3.74. The predicted octanol–water partition coefficient (Wildman–Crippen LogP) is 2.47. The second-order valence-corrected chi connectivity index (χ2v) is 7.23. The van der Waals surface area contributed by atoms with Crippen molar-refractivity contribution in [2.75, 3.05) is 0 Å². The molecule has 0 amide bonds. The molecular formula is C16H19N3O2S. The predicted molar refractivity (Wildman–Crippen MR) is 85.7 cm³/mol. The van der Waals surface area contributed by atoms with Crippen molar-refractivity contribution in [3.8, 4) is 11.1 Å². The number of allylic oxidation sites excluding steroid dienone is 1. The molecule has 2 aromatic rings. The molecule has 22 heavy (non-hydrogen) atoms. The topological polar surface area (TPSA) is 64.0 Å². The Morgan fingerprint density at radius 3 is 2.86 bits per heavy atom. The van der Waals surface area contributed by atoms with Gasteiger partial charge in [0.1, 0.15) is 0 Å². The molecule has 1 aromatic carbocycles. The highest BCUT2D eigenvalue weighted by Gasteiger charge is 2.20. The minimum atomic E-state index is -3.51.